The number of allylic oxidation sites excluding steroid dienone is 2. The molecule has 0 amide bonds. The largest absolute Gasteiger partial charge is 0.346 e. The van der Waals surface area contributed by atoms with Crippen LogP contribution in [-0.2, 0) is 0 Å². The third kappa shape index (κ3) is 5.27. The fraction of sp³-hybridized carbons (Fsp3) is 0.870. The SMILES string of the molecule is CC/C=C/CCC[C@@H]1C[C@@H]2CC[C@@H]3C[C@@H](CCCCCCC)NC(=[N+]32)N1. The lowest BCUT2D eigenvalue weighted by Crippen LogP contribution is -2.62. The van der Waals surface area contributed by atoms with Gasteiger partial charge in [-0.3, -0.25) is 15.2 Å². The van der Waals surface area contributed by atoms with Crippen molar-refractivity contribution in [2.24, 2.45) is 0 Å². The Morgan fingerprint density at radius 1 is 0.846 bits per heavy atom. The highest BCUT2D eigenvalue weighted by atomic mass is 15.3. The minimum Gasteiger partial charge on any atom is -0.275 e. The lowest BCUT2D eigenvalue weighted by Gasteiger charge is -2.36. The molecule has 3 aliphatic rings. The van der Waals surface area contributed by atoms with Crippen LogP contribution in [0.4, 0.5) is 0 Å². The van der Waals surface area contributed by atoms with Gasteiger partial charge in [-0.05, 0) is 44.9 Å². The second-order valence-electron chi connectivity index (χ2n) is 8.81. The van der Waals surface area contributed by atoms with E-state index in [9.17, 15) is 0 Å². The summed E-state index contributed by atoms with van der Waals surface area (Å²) in [6.45, 7) is 4.52. The topological polar surface area (TPSA) is 27.1 Å². The van der Waals surface area contributed by atoms with Crippen molar-refractivity contribution in [2.75, 3.05) is 0 Å². The third-order valence-corrected chi connectivity index (χ3v) is 6.65. The maximum absolute atomic E-state index is 3.91. The van der Waals surface area contributed by atoms with Gasteiger partial charge in [-0.25, -0.2) is 0 Å². The number of hydrogen-bond acceptors (Lipinski definition) is 2. The second-order valence-corrected chi connectivity index (χ2v) is 8.81. The van der Waals surface area contributed by atoms with Gasteiger partial charge in [0.25, 0.3) is 0 Å². The minimum atomic E-state index is 0.677. The summed E-state index contributed by atoms with van der Waals surface area (Å²) in [7, 11) is 0. The van der Waals surface area contributed by atoms with Gasteiger partial charge in [-0.15, -0.1) is 0 Å². The van der Waals surface area contributed by atoms with Crippen molar-refractivity contribution in [3.63, 3.8) is 0 Å². The summed E-state index contributed by atoms with van der Waals surface area (Å²) in [4.78, 5) is 0. The Kier molecular flexibility index (Phi) is 7.88. The predicted molar refractivity (Wildman–Crippen MR) is 112 cm³/mol. The molecule has 0 unspecified atom stereocenters. The first kappa shape index (κ1) is 19.8. The Bertz CT molecular complexity index is 482. The first-order valence-electron chi connectivity index (χ1n) is 11.6. The fourth-order valence-electron chi connectivity index (χ4n) is 5.28. The maximum atomic E-state index is 3.91. The van der Waals surface area contributed by atoms with E-state index in [1.807, 2.05) is 0 Å². The molecular formula is C23H42N3+. The van der Waals surface area contributed by atoms with Crippen LogP contribution in [0.3, 0.4) is 0 Å². The quantitative estimate of drug-likeness (QED) is 0.304. The van der Waals surface area contributed by atoms with Gasteiger partial charge in [0.05, 0.1) is 24.2 Å². The van der Waals surface area contributed by atoms with E-state index in [2.05, 4.69) is 41.2 Å². The average molecular weight is 361 g/mol. The number of rotatable bonds is 11. The number of nitrogens with zero attached hydrogens (tertiary/aromatic N) is 1. The highest BCUT2D eigenvalue weighted by molar-refractivity contribution is 5.76. The van der Waals surface area contributed by atoms with Crippen LogP contribution < -0.4 is 10.6 Å². The maximum Gasteiger partial charge on any atom is 0.346 e. The van der Waals surface area contributed by atoms with Crippen LogP contribution in [0.2, 0.25) is 0 Å². The Labute approximate surface area is 161 Å². The van der Waals surface area contributed by atoms with Gasteiger partial charge in [0.15, 0.2) is 0 Å². The zero-order chi connectivity index (χ0) is 18.2. The number of hydrogen-bond donors (Lipinski definition) is 2. The van der Waals surface area contributed by atoms with Gasteiger partial charge in [0.1, 0.15) is 0 Å². The first-order valence-corrected chi connectivity index (χ1v) is 11.6. The van der Waals surface area contributed by atoms with Gasteiger partial charge in [0, 0.05) is 12.8 Å². The standard InChI is InChI=1S/C23H41N3/c1-3-5-7-9-11-13-19-17-21-15-16-22-18-20(14-12-10-8-6-4-2)25-23(24-19)26(21)22/h5,7,19-22H,3-4,6,8-18H2,1-2H3,(H,24,25)/p+1/b7-5+/t19-,20-,21+,22-/m1/s1. The van der Waals surface area contributed by atoms with E-state index >= 15 is 0 Å². The molecule has 3 rings (SSSR count). The first-order chi connectivity index (χ1) is 12.8. The van der Waals surface area contributed by atoms with Crippen LogP contribution in [0.5, 0.6) is 0 Å². The van der Waals surface area contributed by atoms with E-state index in [4.69, 9.17) is 0 Å². The van der Waals surface area contributed by atoms with Crippen molar-refractivity contribution in [1.82, 2.24) is 10.6 Å². The molecule has 3 nitrogen and oxygen atoms in total. The zero-order valence-corrected chi connectivity index (χ0v) is 17.3. The summed E-state index contributed by atoms with van der Waals surface area (Å²) in [5.74, 6) is 1.39. The molecule has 3 aliphatic heterocycles. The molecule has 1 fully saturated rings. The van der Waals surface area contributed by atoms with E-state index in [0.29, 0.717) is 12.1 Å². The molecule has 0 aliphatic carbocycles. The van der Waals surface area contributed by atoms with Gasteiger partial charge < -0.3 is 0 Å². The summed E-state index contributed by atoms with van der Waals surface area (Å²) in [6.07, 6.45) is 23.6. The van der Waals surface area contributed by atoms with Crippen LogP contribution >= 0.6 is 0 Å². The van der Waals surface area contributed by atoms with E-state index in [0.717, 1.165) is 12.1 Å². The zero-order valence-electron chi connectivity index (χ0n) is 17.3. The summed E-state index contributed by atoms with van der Waals surface area (Å²) >= 11 is 0. The Balaban J connectivity index is 1.47. The van der Waals surface area contributed by atoms with Crippen LogP contribution in [0.1, 0.15) is 104 Å². The van der Waals surface area contributed by atoms with E-state index in [1.54, 1.807) is 0 Å². The monoisotopic (exact) mass is 360 g/mol. The van der Waals surface area contributed by atoms with Gasteiger partial charge in [0.2, 0.25) is 0 Å². The minimum absolute atomic E-state index is 0.677. The number of guanidine groups is 1. The lowest BCUT2D eigenvalue weighted by atomic mass is 9.97. The molecule has 0 saturated carbocycles. The molecular weight excluding hydrogens is 318 g/mol. The summed E-state index contributed by atoms with van der Waals surface area (Å²) in [5, 5.41) is 7.80. The van der Waals surface area contributed by atoms with Crippen molar-refractivity contribution in [2.45, 2.75) is 128 Å². The summed E-state index contributed by atoms with van der Waals surface area (Å²) in [5.41, 5.74) is 0. The fourth-order valence-corrected chi connectivity index (χ4v) is 5.28. The van der Waals surface area contributed by atoms with Gasteiger partial charge >= 0.3 is 5.96 Å². The number of nitrogens with one attached hydrogen (secondary N) is 2. The number of unbranched alkanes of at least 4 members (excludes halogenated alkanes) is 5. The van der Waals surface area contributed by atoms with E-state index in [-0.39, 0.29) is 0 Å². The predicted octanol–water partition coefficient (Wildman–Crippen LogP) is 5.11. The molecule has 3 heterocycles. The molecule has 2 N–H and O–H groups in total. The highest BCUT2D eigenvalue weighted by Gasteiger charge is 2.45. The molecule has 1 saturated heterocycles. The van der Waals surface area contributed by atoms with Crippen LogP contribution in [0, 0.1) is 0 Å². The normalized spacial score (nSPS) is 30.4. The van der Waals surface area contributed by atoms with E-state index in [1.165, 1.54) is 95.9 Å². The molecule has 4 atom stereocenters. The van der Waals surface area contributed by atoms with Crippen molar-refractivity contribution >= 4 is 5.96 Å². The van der Waals surface area contributed by atoms with Crippen molar-refractivity contribution in [1.29, 1.82) is 0 Å². The van der Waals surface area contributed by atoms with Crippen LogP contribution in [-0.4, -0.2) is 34.7 Å². The second kappa shape index (κ2) is 10.4. The average Bonchev–Trinajstić information content (AvgIpc) is 3.05. The van der Waals surface area contributed by atoms with Crippen molar-refractivity contribution < 1.29 is 4.58 Å². The summed E-state index contributed by atoms with van der Waals surface area (Å²) < 4.78 is 2.72. The van der Waals surface area contributed by atoms with Crippen molar-refractivity contribution in [3.8, 4) is 0 Å². The molecule has 0 aromatic carbocycles. The van der Waals surface area contributed by atoms with Gasteiger partial charge in [-0.1, -0.05) is 58.1 Å². The smallest absolute Gasteiger partial charge is 0.275 e. The molecule has 0 aromatic heterocycles. The molecule has 0 spiro atoms. The third-order valence-electron chi connectivity index (χ3n) is 6.65. The molecule has 0 bridgehead atoms. The van der Waals surface area contributed by atoms with Crippen LogP contribution in [0.15, 0.2) is 12.2 Å². The summed E-state index contributed by atoms with van der Waals surface area (Å²) in [6, 6.07) is 2.98. The lowest BCUT2D eigenvalue weighted by molar-refractivity contribution is -0.593. The molecule has 148 valence electrons. The van der Waals surface area contributed by atoms with E-state index < -0.39 is 0 Å². The molecule has 3 heteroatoms. The Morgan fingerprint density at radius 2 is 1.50 bits per heavy atom. The van der Waals surface area contributed by atoms with Gasteiger partial charge in [-0.2, -0.15) is 0 Å². The molecule has 0 aromatic rings. The molecule has 26 heavy (non-hydrogen) atoms. The Morgan fingerprint density at radius 3 is 2.15 bits per heavy atom. The van der Waals surface area contributed by atoms with Crippen LogP contribution in [0.25, 0.3) is 0 Å². The molecule has 0 radical (unpaired) electrons. The Hall–Kier alpha value is -0.990. The van der Waals surface area contributed by atoms with Crippen molar-refractivity contribution in [3.05, 3.63) is 12.2 Å². The highest BCUT2D eigenvalue weighted by Crippen LogP contribution is 2.32.